The molecular formula is C7H9NO3. The average Bonchev–Trinajstić information content (AvgIpc) is 1.85. The molecule has 11 heavy (non-hydrogen) atoms. The molecule has 0 aromatic heterocycles. The monoisotopic (exact) mass is 155 g/mol. The first kappa shape index (κ1) is 7.91. The number of hydrogen-bond acceptors (Lipinski definition) is 4. The third kappa shape index (κ3) is 2.14. The van der Waals surface area contributed by atoms with Crippen LogP contribution in [0.15, 0.2) is 5.16 Å². The van der Waals surface area contributed by atoms with Crippen LogP contribution in [0.5, 0.6) is 0 Å². The average molecular weight is 155 g/mol. The van der Waals surface area contributed by atoms with Crippen molar-refractivity contribution < 1.29 is 14.4 Å². The Morgan fingerprint density at radius 1 is 1.18 bits per heavy atom. The van der Waals surface area contributed by atoms with Crippen LogP contribution >= 0.6 is 0 Å². The highest BCUT2D eigenvalue weighted by Crippen LogP contribution is 2.08. The van der Waals surface area contributed by atoms with Gasteiger partial charge in [-0.05, 0) is 0 Å². The van der Waals surface area contributed by atoms with Crippen molar-refractivity contribution in [1.29, 1.82) is 0 Å². The lowest BCUT2D eigenvalue weighted by molar-refractivity contribution is -0.126. The maximum atomic E-state index is 10.8. The molecule has 1 aliphatic carbocycles. The van der Waals surface area contributed by atoms with Crippen molar-refractivity contribution in [3.63, 3.8) is 0 Å². The Hall–Kier alpha value is -1.19. The van der Waals surface area contributed by atoms with Crippen LogP contribution in [0.1, 0.15) is 19.3 Å². The van der Waals surface area contributed by atoms with E-state index in [2.05, 4.69) is 9.99 Å². The van der Waals surface area contributed by atoms with Crippen molar-refractivity contribution in [3.05, 3.63) is 0 Å². The van der Waals surface area contributed by atoms with Gasteiger partial charge in [-0.15, -0.1) is 0 Å². The molecule has 0 spiro atoms. The molecule has 1 aliphatic rings. The van der Waals surface area contributed by atoms with E-state index < -0.39 is 0 Å². The van der Waals surface area contributed by atoms with Gasteiger partial charge in [0.1, 0.15) is 18.7 Å². The number of carbonyl (C=O) groups excluding carboxylic acids is 2. The molecule has 0 unspecified atom stereocenters. The summed E-state index contributed by atoms with van der Waals surface area (Å²) in [5, 5.41) is 3.56. The Balaban J connectivity index is 2.63. The Morgan fingerprint density at radius 2 is 1.73 bits per heavy atom. The smallest absolute Gasteiger partial charge is 0.146 e. The molecule has 1 rings (SSSR count). The largest absolute Gasteiger partial charge is 0.399 e. The van der Waals surface area contributed by atoms with Gasteiger partial charge >= 0.3 is 0 Å². The normalized spacial score (nSPS) is 18.5. The minimum atomic E-state index is -0.0722. The zero-order valence-electron chi connectivity index (χ0n) is 6.29. The number of hydrogen-bond donors (Lipinski definition) is 0. The number of rotatable bonds is 1. The van der Waals surface area contributed by atoms with E-state index in [0.717, 1.165) is 0 Å². The molecule has 0 atom stereocenters. The Morgan fingerprint density at radius 3 is 2.18 bits per heavy atom. The van der Waals surface area contributed by atoms with Gasteiger partial charge in [-0.1, -0.05) is 5.16 Å². The number of carbonyl (C=O) groups is 2. The van der Waals surface area contributed by atoms with Crippen LogP contribution < -0.4 is 0 Å². The molecule has 0 amide bonds. The van der Waals surface area contributed by atoms with Crippen molar-refractivity contribution >= 4 is 17.3 Å². The highest BCUT2D eigenvalue weighted by atomic mass is 16.6. The molecule has 0 aromatic carbocycles. The van der Waals surface area contributed by atoms with Gasteiger partial charge in [-0.25, -0.2) is 0 Å². The van der Waals surface area contributed by atoms with Crippen LogP contribution in [0.2, 0.25) is 0 Å². The first-order valence-corrected chi connectivity index (χ1v) is 3.34. The van der Waals surface area contributed by atoms with Crippen LogP contribution in [0, 0.1) is 0 Å². The maximum Gasteiger partial charge on any atom is 0.146 e. The summed E-state index contributed by atoms with van der Waals surface area (Å²) in [5.74, 6) is -0.144. The Bertz CT molecular complexity index is 202. The number of nitrogens with zero attached hydrogens (tertiary/aromatic N) is 1. The predicted octanol–water partition coefficient (Wildman–Crippen LogP) is 0.311. The third-order valence-electron chi connectivity index (χ3n) is 1.42. The molecule has 0 aliphatic heterocycles. The summed E-state index contributed by atoms with van der Waals surface area (Å²) in [4.78, 5) is 26.1. The zero-order valence-corrected chi connectivity index (χ0v) is 6.29. The molecule has 0 N–H and O–H groups in total. The topological polar surface area (TPSA) is 55.7 Å². The molecule has 1 fully saturated rings. The second kappa shape index (κ2) is 3.27. The number of oxime groups is 1. The Labute approximate surface area is 64.2 Å². The first-order chi connectivity index (χ1) is 5.22. The van der Waals surface area contributed by atoms with E-state index in [1.807, 2.05) is 0 Å². The van der Waals surface area contributed by atoms with Crippen molar-refractivity contribution in [1.82, 2.24) is 0 Å². The molecule has 4 nitrogen and oxygen atoms in total. The molecule has 4 heteroatoms. The van der Waals surface area contributed by atoms with Gasteiger partial charge in [0.15, 0.2) is 0 Å². The van der Waals surface area contributed by atoms with Gasteiger partial charge in [-0.2, -0.15) is 0 Å². The molecule has 0 heterocycles. The summed E-state index contributed by atoms with van der Waals surface area (Å²) in [6.45, 7) is 0. The van der Waals surface area contributed by atoms with Crippen LogP contribution in [0.4, 0.5) is 0 Å². The Kier molecular flexibility index (Phi) is 2.36. The minimum Gasteiger partial charge on any atom is -0.399 e. The zero-order chi connectivity index (χ0) is 8.27. The summed E-state index contributed by atoms with van der Waals surface area (Å²) < 4.78 is 0. The van der Waals surface area contributed by atoms with Crippen LogP contribution in [-0.2, 0) is 14.4 Å². The molecule has 0 bridgehead atoms. The van der Waals surface area contributed by atoms with Crippen LogP contribution in [0.25, 0.3) is 0 Å². The molecule has 60 valence electrons. The lowest BCUT2D eigenvalue weighted by Crippen LogP contribution is -2.22. The summed E-state index contributed by atoms with van der Waals surface area (Å²) in [5.41, 5.74) is 0.536. The fourth-order valence-corrected chi connectivity index (χ4v) is 1.06. The van der Waals surface area contributed by atoms with Crippen molar-refractivity contribution in [2.24, 2.45) is 5.16 Å². The third-order valence-corrected chi connectivity index (χ3v) is 1.42. The highest BCUT2D eigenvalue weighted by Gasteiger charge is 2.21. The van der Waals surface area contributed by atoms with E-state index in [4.69, 9.17) is 0 Å². The lowest BCUT2D eigenvalue weighted by Gasteiger charge is -2.08. The number of ketones is 2. The van der Waals surface area contributed by atoms with E-state index >= 15 is 0 Å². The van der Waals surface area contributed by atoms with Gasteiger partial charge in [0.05, 0.1) is 12.1 Å². The number of Topliss-reactive ketones (excluding diaryl/α,β-unsaturated/α-hetero) is 2. The van der Waals surface area contributed by atoms with Crippen LogP contribution in [-0.4, -0.2) is 24.4 Å². The van der Waals surface area contributed by atoms with Crippen molar-refractivity contribution in [2.75, 3.05) is 7.11 Å². The summed E-state index contributed by atoms with van der Waals surface area (Å²) in [6.07, 6.45) is 0.585. The fourth-order valence-electron chi connectivity index (χ4n) is 1.06. The van der Waals surface area contributed by atoms with Gasteiger partial charge in [0.2, 0.25) is 0 Å². The van der Waals surface area contributed by atoms with E-state index in [-0.39, 0.29) is 30.8 Å². The minimum absolute atomic E-state index is 0.0583. The predicted molar refractivity (Wildman–Crippen MR) is 38.3 cm³/mol. The quantitative estimate of drug-likeness (QED) is 0.404. The van der Waals surface area contributed by atoms with Gasteiger partial charge in [-0.3, -0.25) is 9.59 Å². The van der Waals surface area contributed by atoms with Gasteiger partial charge < -0.3 is 4.84 Å². The maximum absolute atomic E-state index is 10.8. The molecular weight excluding hydrogens is 146 g/mol. The van der Waals surface area contributed by atoms with E-state index in [0.29, 0.717) is 5.71 Å². The highest BCUT2D eigenvalue weighted by molar-refractivity contribution is 6.20. The first-order valence-electron chi connectivity index (χ1n) is 3.34. The second-order valence-corrected chi connectivity index (χ2v) is 2.45. The van der Waals surface area contributed by atoms with E-state index in [1.165, 1.54) is 7.11 Å². The molecule has 0 aromatic rings. The molecule has 0 saturated heterocycles. The SMILES string of the molecule is CON=C1CC(=O)CC(=O)C1. The molecule has 0 radical (unpaired) electrons. The second-order valence-electron chi connectivity index (χ2n) is 2.45. The standard InChI is InChI=1S/C7H9NO3/c1-11-8-5-2-6(9)4-7(10)3-5/h2-4H2,1H3. The lowest BCUT2D eigenvalue weighted by atomic mass is 9.96. The summed E-state index contributed by atoms with van der Waals surface area (Å²) >= 11 is 0. The fraction of sp³-hybridized carbons (Fsp3) is 0.571. The van der Waals surface area contributed by atoms with Crippen molar-refractivity contribution in [2.45, 2.75) is 19.3 Å². The van der Waals surface area contributed by atoms with Crippen molar-refractivity contribution in [3.8, 4) is 0 Å². The van der Waals surface area contributed by atoms with Gasteiger partial charge in [0, 0.05) is 12.8 Å². The van der Waals surface area contributed by atoms with Crippen LogP contribution in [0.3, 0.4) is 0 Å². The van der Waals surface area contributed by atoms with E-state index in [9.17, 15) is 9.59 Å². The molecule has 1 saturated carbocycles. The van der Waals surface area contributed by atoms with E-state index in [1.54, 1.807) is 0 Å². The van der Waals surface area contributed by atoms with Gasteiger partial charge in [0.25, 0.3) is 0 Å². The summed E-state index contributed by atoms with van der Waals surface area (Å²) in [7, 11) is 1.40. The summed E-state index contributed by atoms with van der Waals surface area (Å²) in [6, 6.07) is 0.